The van der Waals surface area contributed by atoms with Gasteiger partial charge in [-0.15, -0.1) is 0 Å². The predicted molar refractivity (Wildman–Crippen MR) is 100 cm³/mol. The van der Waals surface area contributed by atoms with Gasteiger partial charge in [0, 0.05) is 20.9 Å². The van der Waals surface area contributed by atoms with E-state index in [1.165, 1.54) is 0 Å². The lowest BCUT2D eigenvalue weighted by atomic mass is 10.2. The van der Waals surface area contributed by atoms with Crippen LogP contribution in [0.3, 0.4) is 0 Å². The topological polar surface area (TPSA) is 50.4 Å². The molecule has 0 saturated heterocycles. The van der Waals surface area contributed by atoms with E-state index >= 15 is 0 Å². The van der Waals surface area contributed by atoms with Crippen molar-refractivity contribution >= 4 is 51.5 Å². The molecule has 22 heavy (non-hydrogen) atoms. The number of carbonyl (C=O) groups excluding carboxylic acids is 1. The Morgan fingerprint density at radius 2 is 2.00 bits per heavy atom. The van der Waals surface area contributed by atoms with Crippen LogP contribution in [0.1, 0.15) is 17.3 Å². The molecule has 0 bridgehead atoms. The van der Waals surface area contributed by atoms with E-state index in [2.05, 4.69) is 33.2 Å². The lowest BCUT2D eigenvalue weighted by molar-refractivity contribution is 0.0977. The summed E-state index contributed by atoms with van der Waals surface area (Å²) in [4.78, 5) is 12.1. The lowest BCUT2D eigenvalue weighted by Crippen LogP contribution is -2.34. The van der Waals surface area contributed by atoms with Crippen molar-refractivity contribution in [2.24, 2.45) is 0 Å². The Hall–Kier alpha value is -1.67. The molecule has 0 fully saturated rings. The summed E-state index contributed by atoms with van der Waals surface area (Å²) < 4.78 is 6.41. The maximum absolute atomic E-state index is 12.1. The zero-order chi connectivity index (χ0) is 15.9. The van der Waals surface area contributed by atoms with Crippen molar-refractivity contribution in [3.8, 4) is 5.75 Å². The molecule has 4 nitrogen and oxygen atoms in total. The summed E-state index contributed by atoms with van der Waals surface area (Å²) in [7, 11) is 0. The van der Waals surface area contributed by atoms with Gasteiger partial charge < -0.3 is 10.1 Å². The first-order valence-corrected chi connectivity index (χ1v) is 8.18. The van der Waals surface area contributed by atoms with Crippen molar-refractivity contribution < 1.29 is 9.53 Å². The van der Waals surface area contributed by atoms with Crippen molar-refractivity contribution in [1.82, 2.24) is 5.32 Å². The molecule has 0 radical (unpaired) electrons. The van der Waals surface area contributed by atoms with Crippen LogP contribution in [-0.2, 0) is 0 Å². The fraction of sp³-hybridized carbons (Fsp3) is 0.125. The van der Waals surface area contributed by atoms with Crippen LogP contribution >= 0.6 is 34.8 Å². The molecular formula is C16H15IN2O2S. The summed E-state index contributed by atoms with van der Waals surface area (Å²) in [5, 5.41) is 5.88. The predicted octanol–water partition coefficient (Wildman–Crippen LogP) is 3.82. The van der Waals surface area contributed by atoms with Crippen LogP contribution in [0, 0.1) is 3.57 Å². The number of hydrogen-bond acceptors (Lipinski definition) is 3. The third-order valence-electron chi connectivity index (χ3n) is 2.72. The van der Waals surface area contributed by atoms with Gasteiger partial charge in [-0.05, 0) is 72.1 Å². The first-order valence-electron chi connectivity index (χ1n) is 6.69. The minimum Gasteiger partial charge on any atom is -0.494 e. The van der Waals surface area contributed by atoms with Gasteiger partial charge in [0.2, 0.25) is 0 Å². The summed E-state index contributed by atoms with van der Waals surface area (Å²) in [6.45, 7) is 2.52. The highest BCUT2D eigenvalue weighted by atomic mass is 127. The van der Waals surface area contributed by atoms with E-state index in [1.54, 1.807) is 12.1 Å². The molecule has 0 heterocycles. The minimum absolute atomic E-state index is 0.239. The molecule has 2 aromatic rings. The third kappa shape index (κ3) is 4.96. The van der Waals surface area contributed by atoms with E-state index in [0.29, 0.717) is 12.2 Å². The SMILES string of the molecule is CCOc1cccc(NC(=S)NC(=O)c2cccc(I)c2)c1. The second kappa shape index (κ2) is 8.09. The fourth-order valence-electron chi connectivity index (χ4n) is 1.80. The summed E-state index contributed by atoms with van der Waals surface area (Å²) in [5.41, 5.74) is 1.33. The minimum atomic E-state index is -0.239. The Bertz CT molecular complexity index is 691. The molecule has 0 aliphatic carbocycles. The number of thiocarbonyl (C=S) groups is 1. The maximum atomic E-state index is 12.1. The van der Waals surface area contributed by atoms with Crippen LogP contribution in [0.15, 0.2) is 48.5 Å². The second-order valence-electron chi connectivity index (χ2n) is 4.38. The smallest absolute Gasteiger partial charge is 0.257 e. The van der Waals surface area contributed by atoms with Gasteiger partial charge >= 0.3 is 0 Å². The quantitative estimate of drug-likeness (QED) is 0.577. The van der Waals surface area contributed by atoms with E-state index in [1.807, 2.05) is 43.3 Å². The molecule has 0 saturated carbocycles. The molecule has 0 aliphatic heterocycles. The number of ether oxygens (including phenoxy) is 1. The van der Waals surface area contributed by atoms with Crippen LogP contribution in [0.25, 0.3) is 0 Å². The van der Waals surface area contributed by atoms with Gasteiger partial charge in [0.05, 0.1) is 6.61 Å². The van der Waals surface area contributed by atoms with E-state index in [-0.39, 0.29) is 11.0 Å². The van der Waals surface area contributed by atoms with Crippen molar-refractivity contribution in [2.75, 3.05) is 11.9 Å². The van der Waals surface area contributed by atoms with Crippen molar-refractivity contribution in [3.05, 3.63) is 57.7 Å². The Labute approximate surface area is 148 Å². The standard InChI is InChI=1S/C16H15IN2O2S/c1-2-21-14-8-4-7-13(10-14)18-16(22)19-15(20)11-5-3-6-12(17)9-11/h3-10H,2H2,1H3,(H2,18,19,20,22). The molecular weight excluding hydrogens is 411 g/mol. The highest BCUT2D eigenvalue weighted by Gasteiger charge is 2.08. The molecule has 2 aromatic carbocycles. The number of rotatable bonds is 4. The molecule has 0 atom stereocenters. The second-order valence-corrected chi connectivity index (χ2v) is 6.03. The van der Waals surface area contributed by atoms with Gasteiger partial charge in [0.25, 0.3) is 5.91 Å². The number of nitrogens with one attached hydrogen (secondary N) is 2. The Balaban J connectivity index is 1.98. The van der Waals surface area contributed by atoms with Crippen LogP contribution < -0.4 is 15.4 Å². The van der Waals surface area contributed by atoms with Crippen molar-refractivity contribution in [3.63, 3.8) is 0 Å². The van der Waals surface area contributed by atoms with E-state index in [9.17, 15) is 4.79 Å². The monoisotopic (exact) mass is 426 g/mol. The Morgan fingerprint density at radius 1 is 1.23 bits per heavy atom. The zero-order valence-electron chi connectivity index (χ0n) is 11.9. The number of amides is 1. The van der Waals surface area contributed by atoms with Crippen molar-refractivity contribution in [1.29, 1.82) is 0 Å². The normalized spacial score (nSPS) is 9.91. The summed E-state index contributed by atoms with van der Waals surface area (Å²) in [6, 6.07) is 14.7. The molecule has 2 N–H and O–H groups in total. The van der Waals surface area contributed by atoms with E-state index in [0.717, 1.165) is 15.0 Å². The highest BCUT2D eigenvalue weighted by Crippen LogP contribution is 2.17. The Morgan fingerprint density at radius 3 is 2.73 bits per heavy atom. The molecule has 2 rings (SSSR count). The molecule has 0 aliphatic rings. The molecule has 114 valence electrons. The molecule has 0 aromatic heterocycles. The van der Waals surface area contributed by atoms with Gasteiger partial charge in [0.15, 0.2) is 5.11 Å². The van der Waals surface area contributed by atoms with Crippen LogP contribution in [0.5, 0.6) is 5.75 Å². The van der Waals surface area contributed by atoms with Crippen molar-refractivity contribution in [2.45, 2.75) is 6.92 Å². The molecule has 0 unspecified atom stereocenters. The molecule has 1 amide bonds. The van der Waals surface area contributed by atoms with Crippen LogP contribution in [-0.4, -0.2) is 17.6 Å². The van der Waals surface area contributed by atoms with Gasteiger partial charge in [-0.3, -0.25) is 10.1 Å². The fourth-order valence-corrected chi connectivity index (χ4v) is 2.55. The summed E-state index contributed by atoms with van der Waals surface area (Å²) in [5.74, 6) is 0.510. The maximum Gasteiger partial charge on any atom is 0.257 e. The molecule has 0 spiro atoms. The molecule has 6 heteroatoms. The largest absolute Gasteiger partial charge is 0.494 e. The van der Waals surface area contributed by atoms with Gasteiger partial charge in [0.1, 0.15) is 5.75 Å². The number of carbonyl (C=O) groups is 1. The average Bonchev–Trinajstić information content (AvgIpc) is 2.47. The average molecular weight is 426 g/mol. The summed E-state index contributed by atoms with van der Waals surface area (Å²) >= 11 is 7.33. The number of benzene rings is 2. The lowest BCUT2D eigenvalue weighted by Gasteiger charge is -2.11. The summed E-state index contributed by atoms with van der Waals surface area (Å²) in [6.07, 6.45) is 0. The van der Waals surface area contributed by atoms with E-state index < -0.39 is 0 Å². The van der Waals surface area contributed by atoms with Gasteiger partial charge in [-0.25, -0.2) is 0 Å². The number of hydrogen-bond donors (Lipinski definition) is 2. The first-order chi connectivity index (χ1) is 10.6. The van der Waals surface area contributed by atoms with Crippen LogP contribution in [0.2, 0.25) is 0 Å². The first kappa shape index (κ1) is 16.7. The van der Waals surface area contributed by atoms with Crippen LogP contribution in [0.4, 0.5) is 5.69 Å². The van der Waals surface area contributed by atoms with E-state index in [4.69, 9.17) is 17.0 Å². The number of anilines is 1. The third-order valence-corrected chi connectivity index (χ3v) is 3.59. The highest BCUT2D eigenvalue weighted by molar-refractivity contribution is 14.1. The Kier molecular flexibility index (Phi) is 6.14. The van der Waals surface area contributed by atoms with Gasteiger partial charge in [-0.2, -0.15) is 0 Å². The zero-order valence-corrected chi connectivity index (χ0v) is 14.9. The van der Waals surface area contributed by atoms with Gasteiger partial charge in [-0.1, -0.05) is 12.1 Å². The number of halogens is 1.